The lowest BCUT2D eigenvalue weighted by Crippen LogP contribution is -2.21. The Morgan fingerprint density at radius 2 is 2.31 bits per heavy atom. The van der Waals surface area contributed by atoms with Crippen molar-refractivity contribution in [1.82, 2.24) is 5.32 Å². The number of nitrogens with one attached hydrogen (secondary N) is 1. The zero-order chi connectivity index (χ0) is 10.3. The number of nitrogens with zero attached hydrogens (tertiary/aromatic N) is 2. The van der Waals surface area contributed by atoms with Crippen molar-refractivity contribution in [2.75, 3.05) is 12.9 Å². The maximum absolute atomic E-state index is 8.86. The highest BCUT2D eigenvalue weighted by Gasteiger charge is 2.10. The molecule has 4 nitrogen and oxygen atoms in total. The Morgan fingerprint density at radius 1 is 1.69 bits per heavy atom. The molecule has 74 valence electrons. The first-order chi connectivity index (χ1) is 6.15. The number of nitriles is 1. The molecule has 0 aliphatic rings. The topological polar surface area (TPSA) is 68.4 Å². The fourth-order valence-corrected chi connectivity index (χ4v) is 1.07. The van der Waals surface area contributed by atoms with Crippen molar-refractivity contribution in [3.8, 4) is 6.19 Å². The Kier molecular flexibility index (Phi) is 6.37. The zero-order valence-corrected chi connectivity index (χ0v) is 8.93. The van der Waals surface area contributed by atoms with Crippen molar-refractivity contribution in [3.63, 3.8) is 0 Å². The molecule has 0 bridgehead atoms. The molecule has 0 amide bonds. The van der Waals surface area contributed by atoms with Gasteiger partial charge in [0, 0.05) is 12.5 Å². The number of amidine groups is 1. The molecule has 2 unspecified atom stereocenters. The predicted molar refractivity (Wildman–Crippen MR) is 55.4 cm³/mol. The van der Waals surface area contributed by atoms with Crippen LogP contribution in [0.3, 0.4) is 0 Å². The maximum atomic E-state index is 8.86. The molecule has 0 aromatic carbocycles. The molecule has 0 rings (SSSR count). The molecule has 0 saturated heterocycles. The van der Waals surface area contributed by atoms with Crippen LogP contribution in [0.1, 0.15) is 13.8 Å². The second-order valence-corrected chi connectivity index (χ2v) is 3.57. The summed E-state index contributed by atoms with van der Waals surface area (Å²) in [5.74, 6) is 0.114. The van der Waals surface area contributed by atoms with Gasteiger partial charge in [-0.25, -0.2) is 0 Å². The van der Waals surface area contributed by atoms with Crippen molar-refractivity contribution >= 4 is 16.9 Å². The van der Waals surface area contributed by atoms with Gasteiger partial charge in [-0.15, -0.1) is 0 Å². The predicted octanol–water partition coefficient (Wildman–Crippen LogP) is 0.793. The fraction of sp³-hybridized carbons (Fsp3) is 0.750. The first-order valence-electron chi connectivity index (χ1n) is 4.03. The van der Waals surface area contributed by atoms with Crippen molar-refractivity contribution in [3.05, 3.63) is 0 Å². The molecule has 13 heavy (non-hydrogen) atoms. The molecular formula is C8H15N3OS. The van der Waals surface area contributed by atoms with Gasteiger partial charge in [0.2, 0.25) is 0 Å². The molecule has 0 heterocycles. The van der Waals surface area contributed by atoms with Crippen LogP contribution in [-0.4, -0.2) is 29.2 Å². The molecule has 0 aromatic heterocycles. The summed E-state index contributed by atoms with van der Waals surface area (Å²) < 4.78 is 0. The molecule has 0 aliphatic heterocycles. The number of aliphatic hydroxyl groups is 1. The summed E-state index contributed by atoms with van der Waals surface area (Å²) >= 11 is 1.39. The van der Waals surface area contributed by atoms with Gasteiger partial charge in [-0.1, -0.05) is 18.7 Å². The molecular weight excluding hydrogens is 186 g/mol. The highest BCUT2D eigenvalue weighted by molar-refractivity contribution is 8.13. The third-order valence-electron chi connectivity index (χ3n) is 1.79. The number of thioether (sulfide) groups is 1. The molecule has 0 fully saturated rings. The first kappa shape index (κ1) is 12.3. The van der Waals surface area contributed by atoms with Crippen LogP contribution in [0.2, 0.25) is 0 Å². The average Bonchev–Trinajstić information content (AvgIpc) is 2.15. The standard InChI is InChI=1S/C8H15N3OS/c1-6(4-12)7(2)11-8(13-3)10-5-9/h6-7,12H,4H2,1-3H3,(H,10,11). The van der Waals surface area contributed by atoms with E-state index in [1.807, 2.05) is 26.3 Å². The summed E-state index contributed by atoms with van der Waals surface area (Å²) in [6.07, 6.45) is 3.66. The maximum Gasteiger partial charge on any atom is 0.183 e. The normalized spacial score (nSPS) is 16.1. The monoisotopic (exact) mass is 201 g/mol. The second kappa shape index (κ2) is 6.75. The number of rotatable bonds is 3. The highest BCUT2D eigenvalue weighted by Crippen LogP contribution is 2.07. The number of aliphatic hydroxyl groups excluding tert-OH is 1. The number of hydrogen-bond donors (Lipinski definition) is 2. The van der Waals surface area contributed by atoms with E-state index < -0.39 is 0 Å². The summed E-state index contributed by atoms with van der Waals surface area (Å²) in [7, 11) is 0. The Morgan fingerprint density at radius 3 is 2.69 bits per heavy atom. The van der Waals surface area contributed by atoms with Gasteiger partial charge in [-0.2, -0.15) is 5.26 Å². The summed E-state index contributed by atoms with van der Waals surface area (Å²) in [6, 6.07) is 0.0216. The van der Waals surface area contributed by atoms with Crippen LogP contribution in [-0.2, 0) is 0 Å². The summed E-state index contributed by atoms with van der Waals surface area (Å²) in [5.41, 5.74) is 0. The van der Waals surface area contributed by atoms with Crippen LogP contribution in [0, 0.1) is 17.4 Å². The van der Waals surface area contributed by atoms with E-state index in [0.29, 0.717) is 5.17 Å². The van der Waals surface area contributed by atoms with E-state index in [0.717, 1.165) is 0 Å². The van der Waals surface area contributed by atoms with E-state index >= 15 is 0 Å². The molecule has 0 aliphatic carbocycles. The van der Waals surface area contributed by atoms with Crippen LogP contribution in [0.4, 0.5) is 0 Å². The van der Waals surface area contributed by atoms with Crippen molar-refractivity contribution in [2.45, 2.75) is 19.9 Å². The second-order valence-electron chi connectivity index (χ2n) is 2.78. The Labute approximate surface area is 83.0 Å². The minimum absolute atomic E-state index is 0.0216. The summed E-state index contributed by atoms with van der Waals surface area (Å²) in [4.78, 5) is 4.24. The SMILES string of the molecule is CSC(=NC(C)C(C)CO)NC#N. The third-order valence-corrected chi connectivity index (χ3v) is 2.38. The van der Waals surface area contributed by atoms with E-state index in [4.69, 9.17) is 10.4 Å². The fourth-order valence-electron chi connectivity index (χ4n) is 0.649. The van der Waals surface area contributed by atoms with Crippen molar-refractivity contribution in [2.24, 2.45) is 10.9 Å². The summed E-state index contributed by atoms with van der Waals surface area (Å²) in [6.45, 7) is 3.94. The van der Waals surface area contributed by atoms with Crippen LogP contribution in [0.25, 0.3) is 0 Å². The molecule has 2 atom stereocenters. The summed E-state index contributed by atoms with van der Waals surface area (Å²) in [5, 5.41) is 20.3. The van der Waals surface area contributed by atoms with Crippen LogP contribution in [0.15, 0.2) is 4.99 Å². The molecule has 5 heteroatoms. The lowest BCUT2D eigenvalue weighted by Gasteiger charge is -2.13. The number of aliphatic imine (C=N–C) groups is 1. The molecule has 0 radical (unpaired) electrons. The lowest BCUT2D eigenvalue weighted by atomic mass is 10.1. The largest absolute Gasteiger partial charge is 0.396 e. The Bertz CT molecular complexity index is 212. The molecule has 2 N–H and O–H groups in total. The molecule has 0 saturated carbocycles. The van der Waals surface area contributed by atoms with Crippen LogP contribution < -0.4 is 5.32 Å². The first-order valence-corrected chi connectivity index (χ1v) is 5.26. The highest BCUT2D eigenvalue weighted by atomic mass is 32.2. The van der Waals surface area contributed by atoms with Crippen molar-refractivity contribution < 1.29 is 5.11 Å². The van der Waals surface area contributed by atoms with E-state index in [2.05, 4.69) is 10.3 Å². The average molecular weight is 201 g/mol. The molecule has 0 aromatic rings. The Balaban J connectivity index is 4.24. The lowest BCUT2D eigenvalue weighted by molar-refractivity contribution is 0.222. The quantitative estimate of drug-likeness (QED) is 0.306. The van der Waals surface area contributed by atoms with E-state index in [9.17, 15) is 0 Å². The van der Waals surface area contributed by atoms with Gasteiger partial charge in [-0.3, -0.25) is 10.3 Å². The van der Waals surface area contributed by atoms with Gasteiger partial charge in [0.15, 0.2) is 11.4 Å². The zero-order valence-electron chi connectivity index (χ0n) is 8.11. The third kappa shape index (κ3) is 4.76. The number of hydrogen-bond acceptors (Lipinski definition) is 4. The van der Waals surface area contributed by atoms with Gasteiger partial charge in [0.1, 0.15) is 0 Å². The van der Waals surface area contributed by atoms with Crippen molar-refractivity contribution in [1.29, 1.82) is 5.26 Å². The van der Waals surface area contributed by atoms with Gasteiger partial charge in [0.25, 0.3) is 0 Å². The smallest absolute Gasteiger partial charge is 0.183 e. The van der Waals surface area contributed by atoms with Gasteiger partial charge in [-0.05, 0) is 13.2 Å². The van der Waals surface area contributed by atoms with Gasteiger partial charge < -0.3 is 5.11 Å². The van der Waals surface area contributed by atoms with Gasteiger partial charge in [0.05, 0.1) is 6.04 Å². The minimum atomic E-state index is 0.0216. The minimum Gasteiger partial charge on any atom is -0.396 e. The Hall–Kier alpha value is -0.730. The van der Waals surface area contributed by atoms with Crippen LogP contribution >= 0.6 is 11.8 Å². The van der Waals surface area contributed by atoms with Gasteiger partial charge >= 0.3 is 0 Å². The molecule has 0 spiro atoms. The van der Waals surface area contributed by atoms with Crippen LogP contribution in [0.5, 0.6) is 0 Å². The van der Waals surface area contributed by atoms with E-state index in [-0.39, 0.29) is 18.6 Å². The van der Waals surface area contributed by atoms with E-state index in [1.54, 1.807) is 0 Å². The van der Waals surface area contributed by atoms with E-state index in [1.165, 1.54) is 11.8 Å².